The van der Waals surface area contributed by atoms with Crippen molar-refractivity contribution in [1.82, 2.24) is 4.98 Å². The number of anilines is 1. The molecular weight excluding hydrogens is 298 g/mol. The fourth-order valence-electron chi connectivity index (χ4n) is 2.41. The van der Waals surface area contributed by atoms with Crippen molar-refractivity contribution in [2.75, 3.05) is 4.72 Å². The average Bonchev–Trinajstić information content (AvgIpc) is 2.89. The molecule has 0 fully saturated rings. The second-order valence-electron chi connectivity index (χ2n) is 4.86. The number of aryl methyl sites for hydroxylation is 2. The van der Waals surface area contributed by atoms with E-state index in [-0.39, 0.29) is 10.6 Å². The van der Waals surface area contributed by atoms with Gasteiger partial charge >= 0.3 is 0 Å². The van der Waals surface area contributed by atoms with Gasteiger partial charge in [-0.15, -0.1) is 0 Å². The molecule has 0 amide bonds. The van der Waals surface area contributed by atoms with Crippen molar-refractivity contribution in [3.05, 3.63) is 53.4 Å². The van der Waals surface area contributed by atoms with E-state index in [1.54, 1.807) is 12.1 Å². The Labute approximate surface area is 120 Å². The number of nitrogens with zero attached hydrogens (tertiary/aromatic N) is 1. The molecule has 0 saturated carbocycles. The number of halogens is 2. The molecule has 2 aromatic rings. The molecule has 4 nitrogen and oxygen atoms in total. The molecule has 1 heterocycles. The first-order valence-electron chi connectivity index (χ1n) is 6.42. The molecule has 7 heteroatoms. The van der Waals surface area contributed by atoms with Crippen molar-refractivity contribution in [2.24, 2.45) is 0 Å². The van der Waals surface area contributed by atoms with E-state index in [2.05, 4.69) is 9.71 Å². The lowest BCUT2D eigenvalue weighted by Gasteiger charge is -2.10. The van der Waals surface area contributed by atoms with Crippen LogP contribution in [0.25, 0.3) is 0 Å². The Morgan fingerprint density at radius 1 is 1.05 bits per heavy atom. The second-order valence-corrected chi connectivity index (χ2v) is 6.54. The average molecular weight is 310 g/mol. The van der Waals surface area contributed by atoms with Gasteiger partial charge in [0.15, 0.2) is 0 Å². The van der Waals surface area contributed by atoms with Gasteiger partial charge in [-0.25, -0.2) is 8.42 Å². The maximum atomic E-state index is 13.4. The maximum absolute atomic E-state index is 13.4. The highest BCUT2D eigenvalue weighted by molar-refractivity contribution is 7.92. The van der Waals surface area contributed by atoms with Gasteiger partial charge in [0.2, 0.25) is 11.9 Å². The summed E-state index contributed by atoms with van der Waals surface area (Å²) in [6.45, 7) is 0. The summed E-state index contributed by atoms with van der Waals surface area (Å²) >= 11 is 0. The molecule has 21 heavy (non-hydrogen) atoms. The minimum Gasteiger partial charge on any atom is -0.275 e. The normalized spacial score (nSPS) is 14.0. The number of rotatable bonds is 3. The van der Waals surface area contributed by atoms with Crippen LogP contribution >= 0.6 is 0 Å². The Hall–Kier alpha value is -2.02. The molecule has 0 radical (unpaired) electrons. The Morgan fingerprint density at radius 2 is 1.81 bits per heavy atom. The molecule has 1 aliphatic rings. The van der Waals surface area contributed by atoms with Gasteiger partial charge in [0, 0.05) is 0 Å². The van der Waals surface area contributed by atoms with E-state index < -0.39 is 21.9 Å². The number of aromatic nitrogens is 1. The van der Waals surface area contributed by atoms with Crippen molar-refractivity contribution in [1.29, 1.82) is 0 Å². The minimum absolute atomic E-state index is 0.0619. The van der Waals surface area contributed by atoms with E-state index in [4.69, 9.17) is 0 Å². The highest BCUT2D eigenvalue weighted by atomic mass is 32.2. The van der Waals surface area contributed by atoms with Crippen molar-refractivity contribution in [3.63, 3.8) is 0 Å². The van der Waals surface area contributed by atoms with Crippen LogP contribution in [-0.4, -0.2) is 13.4 Å². The summed E-state index contributed by atoms with van der Waals surface area (Å²) in [5.41, 5.74) is 1.76. The van der Waals surface area contributed by atoms with Gasteiger partial charge in [-0.1, -0.05) is 6.07 Å². The van der Waals surface area contributed by atoms with Crippen LogP contribution < -0.4 is 4.72 Å². The fourth-order valence-corrected chi connectivity index (χ4v) is 3.51. The summed E-state index contributed by atoms with van der Waals surface area (Å²) < 4.78 is 52.7. The number of hydrogen-bond acceptors (Lipinski definition) is 3. The van der Waals surface area contributed by atoms with Gasteiger partial charge in [0.05, 0.1) is 4.90 Å². The van der Waals surface area contributed by atoms with Gasteiger partial charge in [0.1, 0.15) is 5.69 Å². The first-order chi connectivity index (χ1) is 9.95. The highest BCUT2D eigenvalue weighted by Crippen LogP contribution is 2.26. The van der Waals surface area contributed by atoms with E-state index in [0.717, 1.165) is 42.5 Å². The molecule has 3 rings (SSSR count). The zero-order valence-electron chi connectivity index (χ0n) is 10.9. The van der Waals surface area contributed by atoms with Crippen molar-refractivity contribution < 1.29 is 17.2 Å². The quantitative estimate of drug-likeness (QED) is 0.887. The predicted octanol–water partition coefficient (Wildman–Crippen LogP) is 2.65. The largest absolute Gasteiger partial charge is 0.275 e. The van der Waals surface area contributed by atoms with Crippen LogP contribution in [0.15, 0.2) is 35.2 Å². The predicted molar refractivity (Wildman–Crippen MR) is 73.4 cm³/mol. The van der Waals surface area contributed by atoms with Crippen LogP contribution in [-0.2, 0) is 22.9 Å². The molecule has 0 aliphatic heterocycles. The Bertz CT molecular complexity index is 807. The number of pyridine rings is 1. The smallest absolute Gasteiger partial charge is 0.262 e. The molecule has 0 unspecified atom stereocenters. The lowest BCUT2D eigenvalue weighted by Crippen LogP contribution is -2.15. The summed E-state index contributed by atoms with van der Waals surface area (Å²) in [4.78, 5) is 3.01. The third kappa shape index (κ3) is 2.73. The van der Waals surface area contributed by atoms with Gasteiger partial charge in [-0.05, 0) is 54.7 Å². The number of benzene rings is 1. The van der Waals surface area contributed by atoms with E-state index >= 15 is 0 Å². The molecule has 110 valence electrons. The number of fused-ring (bicyclic) bond motifs is 1. The van der Waals surface area contributed by atoms with E-state index in [1.165, 1.54) is 6.07 Å². The van der Waals surface area contributed by atoms with Crippen molar-refractivity contribution in [2.45, 2.75) is 24.2 Å². The number of nitrogens with one attached hydrogen (secondary N) is 1. The zero-order chi connectivity index (χ0) is 15.0. The standard InChI is InChI=1S/C14H12F2N2O2S/c15-13-7-6-12(14(16)17-13)18-21(19,20)11-5-4-9-2-1-3-10(9)8-11/h4-8,18H,1-3H2. The number of sulfonamides is 1. The summed E-state index contributed by atoms with van der Waals surface area (Å²) in [7, 11) is -3.92. The van der Waals surface area contributed by atoms with Gasteiger partial charge < -0.3 is 0 Å². The summed E-state index contributed by atoms with van der Waals surface area (Å²) in [5, 5.41) is 0. The van der Waals surface area contributed by atoms with Gasteiger partial charge in [0.25, 0.3) is 10.0 Å². The van der Waals surface area contributed by atoms with Gasteiger partial charge in [-0.2, -0.15) is 13.8 Å². The van der Waals surface area contributed by atoms with E-state index in [9.17, 15) is 17.2 Å². The Balaban J connectivity index is 1.93. The van der Waals surface area contributed by atoms with Crippen LogP contribution in [0.3, 0.4) is 0 Å². The highest BCUT2D eigenvalue weighted by Gasteiger charge is 2.20. The maximum Gasteiger partial charge on any atom is 0.262 e. The summed E-state index contributed by atoms with van der Waals surface area (Å²) in [5.74, 6) is -2.20. The Kier molecular flexibility index (Phi) is 3.36. The first-order valence-corrected chi connectivity index (χ1v) is 7.91. The van der Waals surface area contributed by atoms with Crippen LogP contribution in [0.1, 0.15) is 17.5 Å². The second kappa shape index (κ2) is 5.07. The van der Waals surface area contributed by atoms with Crippen LogP contribution in [0.2, 0.25) is 0 Å². The molecule has 1 aromatic carbocycles. The molecule has 0 spiro atoms. The summed E-state index contributed by atoms with van der Waals surface area (Å²) in [6.07, 6.45) is 2.79. The van der Waals surface area contributed by atoms with Crippen molar-refractivity contribution >= 4 is 15.7 Å². The lowest BCUT2D eigenvalue weighted by molar-refractivity contribution is 0.515. The molecule has 0 atom stereocenters. The van der Waals surface area contributed by atoms with E-state index in [0.29, 0.717) is 0 Å². The SMILES string of the molecule is O=S(=O)(Nc1ccc(F)nc1F)c1ccc2c(c1)CCC2. The Morgan fingerprint density at radius 3 is 2.57 bits per heavy atom. The topological polar surface area (TPSA) is 59.1 Å². The molecule has 0 saturated heterocycles. The zero-order valence-corrected chi connectivity index (χ0v) is 11.8. The van der Waals surface area contributed by atoms with E-state index in [1.807, 2.05) is 0 Å². The first kappa shape index (κ1) is 13.9. The molecule has 1 aromatic heterocycles. The molecular formula is C14H12F2N2O2S. The van der Waals surface area contributed by atoms with Crippen LogP contribution in [0.4, 0.5) is 14.5 Å². The van der Waals surface area contributed by atoms with Crippen LogP contribution in [0.5, 0.6) is 0 Å². The summed E-state index contributed by atoms with van der Waals surface area (Å²) in [6, 6.07) is 6.75. The minimum atomic E-state index is -3.92. The van der Waals surface area contributed by atoms with Gasteiger partial charge in [-0.3, -0.25) is 4.72 Å². The lowest BCUT2D eigenvalue weighted by atomic mass is 10.1. The third-order valence-corrected chi connectivity index (χ3v) is 4.80. The molecule has 0 bridgehead atoms. The fraction of sp³-hybridized carbons (Fsp3) is 0.214. The number of hydrogen-bond donors (Lipinski definition) is 1. The monoisotopic (exact) mass is 310 g/mol. The molecule has 1 aliphatic carbocycles. The van der Waals surface area contributed by atoms with Crippen molar-refractivity contribution in [3.8, 4) is 0 Å². The third-order valence-electron chi connectivity index (χ3n) is 3.44. The molecule has 1 N–H and O–H groups in total. The van der Waals surface area contributed by atoms with Crippen LogP contribution in [0, 0.1) is 11.9 Å².